The molecule has 1 saturated carbocycles. The number of hydrogen-bond acceptors (Lipinski definition) is 8. The van der Waals surface area contributed by atoms with Crippen LogP contribution < -0.4 is 0 Å². The van der Waals surface area contributed by atoms with Gasteiger partial charge in [0, 0.05) is 31.0 Å². The van der Waals surface area contributed by atoms with Gasteiger partial charge in [-0.2, -0.15) is 5.26 Å². The second-order valence-corrected chi connectivity index (χ2v) is 14.2. The van der Waals surface area contributed by atoms with Crippen LogP contribution in [0.25, 0.3) is 11.1 Å². The number of carboxylic acid groups (broad SMARTS) is 1. The Bertz CT molecular complexity index is 1810. The summed E-state index contributed by atoms with van der Waals surface area (Å²) >= 11 is 0. The molecule has 9 heteroatoms. The van der Waals surface area contributed by atoms with Crippen molar-refractivity contribution in [2.75, 3.05) is 26.3 Å². The maximum Gasteiger partial charge on any atom is 0.436 e. The Kier molecular flexibility index (Phi) is 10.9. The number of ketones is 1. The van der Waals surface area contributed by atoms with Crippen LogP contribution in [-0.2, 0) is 19.2 Å². The minimum atomic E-state index is -1.10. The third-order valence-electron chi connectivity index (χ3n) is 10.7. The van der Waals surface area contributed by atoms with Crippen molar-refractivity contribution in [3.05, 3.63) is 94.0 Å². The highest BCUT2D eigenvalue weighted by atomic mass is 16.7. The molecule has 1 saturated heterocycles. The van der Waals surface area contributed by atoms with E-state index in [0.717, 1.165) is 40.9 Å². The first kappa shape index (κ1) is 35.2. The fraction of sp³-hybridized carbons (Fsp3) is 0.439. The topological polar surface area (TPSA) is 129 Å². The standard InChI is InChI=1S/C41H45N3O6/c1-41(2,44-20-22-49-23-21-44)40(48)29-14-12-28(13-15-29)39-32-18-16-30(27-8-4-3-5-9-27)24-34(32)35-25-31(17-19-33(35)39)36(43-50-38(47)26-42)10-6-7-11-37(45)46/h12-19,24-25,27,39H,3-11,20-23H2,1-2H3,(H,45,46)/b43-36+. The lowest BCUT2D eigenvalue weighted by Crippen LogP contribution is -2.54. The fourth-order valence-corrected chi connectivity index (χ4v) is 7.87. The van der Waals surface area contributed by atoms with Crippen LogP contribution in [0, 0.1) is 11.3 Å². The molecule has 3 aromatic rings. The van der Waals surface area contributed by atoms with Gasteiger partial charge >= 0.3 is 11.9 Å². The largest absolute Gasteiger partial charge is 0.481 e. The Morgan fingerprint density at radius 1 is 0.880 bits per heavy atom. The number of unbranched alkanes of at least 4 members (excludes halogenated alkanes) is 1. The molecule has 1 aliphatic heterocycles. The van der Waals surface area contributed by atoms with E-state index in [2.05, 4.69) is 52.5 Å². The third kappa shape index (κ3) is 7.57. The summed E-state index contributed by atoms with van der Waals surface area (Å²) in [6.07, 6.45) is 7.52. The SMILES string of the molecule is CC(C)(C(=O)c1ccc(C2c3ccc(/C(CCCCC(=O)O)=N/OC(=O)C#N)cc3-c3cc(C4CCCCC4)ccc32)cc1)N1CCOCC1. The van der Waals surface area contributed by atoms with Gasteiger partial charge in [-0.1, -0.05) is 79.0 Å². The molecular weight excluding hydrogens is 630 g/mol. The quantitative estimate of drug-likeness (QED) is 0.0406. The summed E-state index contributed by atoms with van der Waals surface area (Å²) in [4.78, 5) is 43.7. The van der Waals surface area contributed by atoms with E-state index < -0.39 is 17.5 Å². The fourth-order valence-electron chi connectivity index (χ4n) is 7.87. The molecule has 9 nitrogen and oxygen atoms in total. The number of morpholine rings is 1. The third-order valence-corrected chi connectivity index (χ3v) is 10.7. The number of benzene rings is 3. The van der Waals surface area contributed by atoms with E-state index in [1.807, 2.05) is 32.0 Å². The highest BCUT2D eigenvalue weighted by molar-refractivity contribution is 6.03. The van der Waals surface area contributed by atoms with Crippen LogP contribution in [0.4, 0.5) is 0 Å². The molecule has 0 aromatic heterocycles. The van der Waals surface area contributed by atoms with Gasteiger partial charge in [0.25, 0.3) is 0 Å². The second kappa shape index (κ2) is 15.5. The van der Waals surface area contributed by atoms with Crippen molar-refractivity contribution < 1.29 is 29.1 Å². The van der Waals surface area contributed by atoms with Crippen LogP contribution in [-0.4, -0.2) is 65.3 Å². The highest BCUT2D eigenvalue weighted by Gasteiger charge is 2.37. The van der Waals surface area contributed by atoms with Gasteiger partial charge in [-0.05, 0) is 96.9 Å². The number of hydrogen-bond donors (Lipinski definition) is 1. The molecule has 1 unspecified atom stereocenters. The van der Waals surface area contributed by atoms with Gasteiger partial charge in [0.15, 0.2) is 11.9 Å². The normalized spacial score (nSPS) is 18.2. The van der Waals surface area contributed by atoms with E-state index in [1.54, 1.807) is 0 Å². The van der Waals surface area contributed by atoms with Crippen molar-refractivity contribution in [3.63, 3.8) is 0 Å². The Morgan fingerprint density at radius 2 is 1.50 bits per heavy atom. The van der Waals surface area contributed by atoms with Crippen molar-refractivity contribution >= 4 is 23.4 Å². The predicted octanol–water partition coefficient (Wildman–Crippen LogP) is 7.60. The number of aliphatic carboxylic acids is 1. The van der Waals surface area contributed by atoms with Crippen molar-refractivity contribution in [3.8, 4) is 17.2 Å². The molecule has 2 fully saturated rings. The molecule has 0 radical (unpaired) electrons. The molecule has 6 rings (SSSR count). The molecule has 1 heterocycles. The number of carbonyl (C=O) groups excluding carboxylic acids is 2. The first-order valence-electron chi connectivity index (χ1n) is 17.8. The maximum absolute atomic E-state index is 13.8. The average Bonchev–Trinajstić information content (AvgIpc) is 3.47. The van der Waals surface area contributed by atoms with Crippen molar-refractivity contribution in [2.45, 2.75) is 89.0 Å². The lowest BCUT2D eigenvalue weighted by molar-refractivity contribution is -0.137. The van der Waals surface area contributed by atoms with Crippen LogP contribution in [0.2, 0.25) is 0 Å². The second-order valence-electron chi connectivity index (χ2n) is 14.2. The number of fused-ring (bicyclic) bond motifs is 3. The van der Waals surface area contributed by atoms with Crippen LogP contribution in [0.15, 0.2) is 65.8 Å². The van der Waals surface area contributed by atoms with Gasteiger partial charge in [-0.15, -0.1) is 0 Å². The summed E-state index contributed by atoms with van der Waals surface area (Å²) in [6, 6.07) is 22.5. The first-order valence-corrected chi connectivity index (χ1v) is 17.8. The summed E-state index contributed by atoms with van der Waals surface area (Å²) < 4.78 is 5.52. The Morgan fingerprint density at radius 3 is 2.18 bits per heavy atom. The zero-order valence-corrected chi connectivity index (χ0v) is 29.0. The number of carbonyl (C=O) groups is 3. The van der Waals surface area contributed by atoms with Gasteiger partial charge in [0.1, 0.15) is 0 Å². The number of oxime groups is 1. The molecular formula is C41H45N3O6. The van der Waals surface area contributed by atoms with Gasteiger partial charge in [-0.25, -0.2) is 4.79 Å². The van der Waals surface area contributed by atoms with E-state index in [0.29, 0.717) is 49.7 Å². The van der Waals surface area contributed by atoms with Crippen molar-refractivity contribution in [1.82, 2.24) is 4.90 Å². The number of ether oxygens (including phenoxy) is 1. The van der Waals surface area contributed by atoms with E-state index in [1.165, 1.54) is 49.3 Å². The van der Waals surface area contributed by atoms with E-state index in [9.17, 15) is 14.4 Å². The predicted molar refractivity (Wildman–Crippen MR) is 190 cm³/mol. The summed E-state index contributed by atoms with van der Waals surface area (Å²) in [5.74, 6) is -1.40. The van der Waals surface area contributed by atoms with E-state index in [4.69, 9.17) is 19.9 Å². The lowest BCUT2D eigenvalue weighted by atomic mass is 9.82. The van der Waals surface area contributed by atoms with Crippen molar-refractivity contribution in [2.24, 2.45) is 5.16 Å². The molecule has 1 N–H and O–H groups in total. The summed E-state index contributed by atoms with van der Waals surface area (Å²) in [5.41, 5.74) is 8.28. The smallest absolute Gasteiger partial charge is 0.436 e. The molecule has 3 aromatic carbocycles. The van der Waals surface area contributed by atoms with Gasteiger partial charge in [0.2, 0.25) is 0 Å². The van der Waals surface area contributed by atoms with Crippen LogP contribution >= 0.6 is 0 Å². The van der Waals surface area contributed by atoms with Crippen LogP contribution in [0.1, 0.15) is 122 Å². The minimum absolute atomic E-state index is 0.0313. The summed E-state index contributed by atoms with van der Waals surface area (Å²) in [6.45, 7) is 6.70. The number of Topliss-reactive ketones (excluding diaryl/α,β-unsaturated/α-hetero) is 1. The first-order chi connectivity index (χ1) is 24.2. The average molecular weight is 676 g/mol. The molecule has 260 valence electrons. The summed E-state index contributed by atoms with van der Waals surface area (Å²) in [7, 11) is 0. The molecule has 0 amide bonds. The van der Waals surface area contributed by atoms with Crippen molar-refractivity contribution in [1.29, 1.82) is 5.26 Å². The number of rotatable bonds is 12. The molecule has 3 aliphatic rings. The molecule has 0 bridgehead atoms. The lowest BCUT2D eigenvalue weighted by Gasteiger charge is -2.39. The number of nitrogens with zero attached hydrogens (tertiary/aromatic N) is 3. The maximum atomic E-state index is 13.8. The molecule has 50 heavy (non-hydrogen) atoms. The zero-order valence-electron chi connectivity index (χ0n) is 29.0. The highest BCUT2D eigenvalue weighted by Crippen LogP contribution is 2.50. The Balaban J connectivity index is 1.36. The van der Waals surface area contributed by atoms with Gasteiger partial charge in [0.05, 0.1) is 24.5 Å². The molecule has 1 atom stereocenters. The molecule has 0 spiro atoms. The zero-order chi connectivity index (χ0) is 35.3. The number of nitriles is 1. The van der Waals surface area contributed by atoms with Gasteiger partial charge < -0.3 is 14.7 Å². The van der Waals surface area contributed by atoms with Gasteiger partial charge in [-0.3, -0.25) is 14.5 Å². The molecule has 2 aliphatic carbocycles. The van der Waals surface area contributed by atoms with E-state index in [-0.39, 0.29) is 18.1 Å². The van der Waals surface area contributed by atoms with Crippen LogP contribution in [0.3, 0.4) is 0 Å². The van der Waals surface area contributed by atoms with Crippen LogP contribution in [0.5, 0.6) is 0 Å². The van der Waals surface area contributed by atoms with E-state index >= 15 is 0 Å². The Hall–Kier alpha value is -4.65. The Labute approximate surface area is 293 Å². The number of carboxylic acids is 1. The monoisotopic (exact) mass is 675 g/mol. The minimum Gasteiger partial charge on any atom is -0.481 e. The summed E-state index contributed by atoms with van der Waals surface area (Å²) in [5, 5.41) is 22.1.